The molecule has 0 N–H and O–H groups in total. The number of nitrogens with zero attached hydrogens (tertiary/aromatic N) is 2. The van der Waals surface area contributed by atoms with Crippen molar-refractivity contribution in [2.45, 2.75) is 4.90 Å². The van der Waals surface area contributed by atoms with Gasteiger partial charge in [-0.2, -0.15) is 8.61 Å². The van der Waals surface area contributed by atoms with Gasteiger partial charge in [-0.15, -0.1) is 0 Å². The molecule has 1 heterocycles. The average Bonchev–Trinajstić information content (AvgIpc) is 2.67. The molecule has 0 spiro atoms. The van der Waals surface area contributed by atoms with Gasteiger partial charge in [0.05, 0.1) is 5.02 Å². The van der Waals surface area contributed by atoms with Crippen molar-refractivity contribution >= 4 is 37.7 Å². The third kappa shape index (κ3) is 4.59. The van der Waals surface area contributed by atoms with Crippen LogP contribution < -0.4 is 0 Å². The molecule has 1 saturated heterocycles. The number of hydrogen-bond donors (Lipinski definition) is 0. The first kappa shape index (κ1) is 20.0. The average molecular weight is 427 g/mol. The van der Waals surface area contributed by atoms with E-state index < -0.39 is 20.0 Å². The highest BCUT2D eigenvalue weighted by Gasteiger charge is 2.32. The lowest BCUT2D eigenvalue weighted by Gasteiger charge is -2.32. The van der Waals surface area contributed by atoms with Crippen molar-refractivity contribution in [1.29, 1.82) is 0 Å². The van der Waals surface area contributed by atoms with Gasteiger partial charge in [-0.3, -0.25) is 0 Å². The van der Waals surface area contributed by atoms with Gasteiger partial charge in [0, 0.05) is 31.6 Å². The molecule has 27 heavy (non-hydrogen) atoms. The fourth-order valence-corrected chi connectivity index (χ4v) is 5.86. The summed E-state index contributed by atoms with van der Waals surface area (Å²) >= 11 is 6.01. The van der Waals surface area contributed by atoms with Gasteiger partial charge in [0.1, 0.15) is 4.90 Å². The summed E-state index contributed by atoms with van der Waals surface area (Å²) < 4.78 is 53.0. The third-order valence-corrected chi connectivity index (χ3v) is 8.21. The van der Waals surface area contributed by atoms with Gasteiger partial charge in [-0.05, 0) is 23.8 Å². The smallest absolute Gasteiger partial charge is 0.208 e. The molecule has 0 saturated carbocycles. The monoisotopic (exact) mass is 426 g/mol. The van der Waals surface area contributed by atoms with Crippen LogP contribution in [0.3, 0.4) is 0 Å². The molecule has 1 aliphatic heterocycles. The maximum atomic E-state index is 12.7. The molecule has 3 rings (SSSR count). The summed E-state index contributed by atoms with van der Waals surface area (Å²) in [5.41, 5.74) is 0.779. The normalized spacial score (nSPS) is 17.4. The minimum Gasteiger partial charge on any atom is -0.208 e. The van der Waals surface area contributed by atoms with Crippen LogP contribution in [0.25, 0.3) is 6.08 Å². The standard InChI is InChI=1S/C18H19ClN2O4S2/c19-17-8-4-5-9-18(17)27(24,25)21-13-11-20(12-14-21)26(22,23)15-10-16-6-2-1-3-7-16/h1-10,15H,11-14H2. The van der Waals surface area contributed by atoms with Crippen molar-refractivity contribution in [3.05, 3.63) is 70.6 Å². The highest BCUT2D eigenvalue weighted by molar-refractivity contribution is 7.92. The first-order valence-corrected chi connectivity index (χ1v) is 11.6. The Hall–Kier alpha value is -1.71. The predicted octanol–water partition coefficient (Wildman–Crippen LogP) is 2.65. The van der Waals surface area contributed by atoms with Gasteiger partial charge < -0.3 is 0 Å². The van der Waals surface area contributed by atoms with Gasteiger partial charge in [0.15, 0.2) is 0 Å². The van der Waals surface area contributed by atoms with Crippen LogP contribution in [0.1, 0.15) is 5.56 Å². The third-order valence-electron chi connectivity index (χ3n) is 4.24. The molecule has 0 bridgehead atoms. The molecular weight excluding hydrogens is 408 g/mol. The number of benzene rings is 2. The zero-order valence-corrected chi connectivity index (χ0v) is 16.8. The lowest BCUT2D eigenvalue weighted by atomic mass is 10.2. The quantitative estimate of drug-likeness (QED) is 0.736. The topological polar surface area (TPSA) is 74.8 Å². The molecule has 9 heteroatoms. The minimum absolute atomic E-state index is 0.0342. The Bertz CT molecular complexity index is 1030. The molecule has 1 aliphatic rings. The van der Waals surface area contributed by atoms with E-state index in [4.69, 9.17) is 11.6 Å². The van der Waals surface area contributed by atoms with Crippen LogP contribution in [0.4, 0.5) is 0 Å². The van der Waals surface area contributed by atoms with E-state index in [-0.39, 0.29) is 36.1 Å². The number of piperazine rings is 1. The van der Waals surface area contributed by atoms with Crippen molar-refractivity contribution in [3.8, 4) is 0 Å². The molecule has 2 aromatic carbocycles. The minimum atomic E-state index is -3.76. The Morgan fingerprint density at radius 2 is 1.33 bits per heavy atom. The molecule has 0 amide bonds. The van der Waals surface area contributed by atoms with Crippen LogP contribution in [-0.4, -0.2) is 51.6 Å². The second-order valence-electron chi connectivity index (χ2n) is 5.99. The summed E-state index contributed by atoms with van der Waals surface area (Å²) in [6.45, 7) is 0.328. The van der Waals surface area contributed by atoms with E-state index in [2.05, 4.69) is 0 Å². The lowest BCUT2D eigenvalue weighted by molar-refractivity contribution is 0.275. The molecule has 0 atom stereocenters. The van der Waals surface area contributed by atoms with Crippen molar-refractivity contribution in [2.75, 3.05) is 26.2 Å². The van der Waals surface area contributed by atoms with Gasteiger partial charge in [-0.1, -0.05) is 54.1 Å². The summed E-state index contributed by atoms with van der Waals surface area (Å²) in [5, 5.41) is 1.30. The maximum Gasteiger partial charge on any atom is 0.244 e. The highest BCUT2D eigenvalue weighted by atomic mass is 35.5. The summed E-state index contributed by atoms with van der Waals surface area (Å²) in [5.74, 6) is 0. The van der Waals surface area contributed by atoms with Crippen molar-refractivity contribution in [1.82, 2.24) is 8.61 Å². The van der Waals surface area contributed by atoms with Gasteiger partial charge in [-0.25, -0.2) is 16.8 Å². The number of rotatable bonds is 5. The zero-order chi connectivity index (χ0) is 19.5. The fraction of sp³-hybridized carbons (Fsp3) is 0.222. The van der Waals surface area contributed by atoms with Crippen LogP contribution in [0.5, 0.6) is 0 Å². The van der Waals surface area contributed by atoms with E-state index >= 15 is 0 Å². The van der Waals surface area contributed by atoms with Crippen molar-refractivity contribution in [3.63, 3.8) is 0 Å². The van der Waals surface area contributed by atoms with Crippen molar-refractivity contribution < 1.29 is 16.8 Å². The Morgan fingerprint density at radius 3 is 1.96 bits per heavy atom. The van der Waals surface area contributed by atoms with Gasteiger partial charge >= 0.3 is 0 Å². The van der Waals surface area contributed by atoms with E-state index in [9.17, 15) is 16.8 Å². The Kier molecular flexibility index (Phi) is 6.02. The second-order valence-corrected chi connectivity index (χ2v) is 10.1. The van der Waals surface area contributed by atoms with Crippen LogP contribution in [0, 0.1) is 0 Å². The molecule has 6 nitrogen and oxygen atoms in total. The Balaban J connectivity index is 1.70. The molecule has 0 aromatic heterocycles. The number of halogens is 1. The van der Waals surface area contributed by atoms with Crippen molar-refractivity contribution in [2.24, 2.45) is 0 Å². The molecule has 1 fully saturated rings. The summed E-state index contributed by atoms with van der Waals surface area (Å²) in [4.78, 5) is 0.0342. The van der Waals surface area contributed by atoms with Crippen LogP contribution in [0.15, 0.2) is 64.9 Å². The SMILES string of the molecule is O=S(=O)(C=Cc1ccccc1)N1CCN(S(=O)(=O)c2ccccc2Cl)CC1. The zero-order valence-electron chi connectivity index (χ0n) is 14.4. The number of hydrogen-bond acceptors (Lipinski definition) is 4. The molecule has 2 aromatic rings. The number of sulfonamides is 2. The lowest BCUT2D eigenvalue weighted by Crippen LogP contribution is -2.50. The summed E-state index contributed by atoms with van der Waals surface area (Å²) in [6, 6.07) is 15.3. The fourth-order valence-electron chi connectivity index (χ4n) is 2.77. The summed E-state index contributed by atoms with van der Waals surface area (Å²) in [7, 11) is -7.37. The second kappa shape index (κ2) is 8.12. The largest absolute Gasteiger partial charge is 0.244 e. The maximum absolute atomic E-state index is 12.7. The molecule has 0 radical (unpaired) electrons. The molecule has 0 unspecified atom stereocenters. The van der Waals surface area contributed by atoms with Crippen LogP contribution in [-0.2, 0) is 20.0 Å². The first-order chi connectivity index (χ1) is 12.8. The van der Waals surface area contributed by atoms with Gasteiger partial charge in [0.2, 0.25) is 20.0 Å². The van der Waals surface area contributed by atoms with Gasteiger partial charge in [0.25, 0.3) is 0 Å². The Morgan fingerprint density at radius 1 is 0.778 bits per heavy atom. The predicted molar refractivity (Wildman–Crippen MR) is 106 cm³/mol. The molecular formula is C18H19ClN2O4S2. The van der Waals surface area contributed by atoms with E-state index in [1.54, 1.807) is 24.3 Å². The molecule has 144 valence electrons. The first-order valence-electron chi connectivity index (χ1n) is 8.29. The van der Waals surface area contributed by atoms with E-state index in [0.717, 1.165) is 11.0 Å². The highest BCUT2D eigenvalue weighted by Crippen LogP contribution is 2.25. The van der Waals surface area contributed by atoms with Crippen LogP contribution in [0.2, 0.25) is 5.02 Å². The Labute approximate surface area is 164 Å². The van der Waals surface area contributed by atoms with E-state index in [0.29, 0.717) is 0 Å². The molecule has 0 aliphatic carbocycles. The summed E-state index contributed by atoms with van der Waals surface area (Å²) in [6.07, 6.45) is 1.53. The van der Waals surface area contributed by atoms with Crippen LogP contribution >= 0.6 is 11.6 Å². The van der Waals surface area contributed by atoms with E-state index in [1.807, 2.05) is 18.2 Å². The van der Waals surface area contributed by atoms with E-state index in [1.165, 1.54) is 26.8 Å².